The Balaban J connectivity index is 1.65. The third kappa shape index (κ3) is 3.47. The number of nitriles is 1. The average molecular weight is 340 g/mol. The number of amides is 1. The zero-order valence-electron chi connectivity index (χ0n) is 12.6. The molecular weight excluding hydrogens is 328 g/mol. The molecule has 2 aromatic heterocycles. The molecule has 0 saturated carbocycles. The van der Waals surface area contributed by atoms with Crippen molar-refractivity contribution in [1.29, 1.82) is 5.26 Å². The van der Waals surface area contributed by atoms with Gasteiger partial charge in [0.1, 0.15) is 6.07 Å². The molecule has 0 saturated heterocycles. The Morgan fingerprint density at radius 2 is 2.12 bits per heavy atom. The van der Waals surface area contributed by atoms with Crippen molar-refractivity contribution < 1.29 is 13.6 Å². The molecule has 0 bridgehead atoms. The number of carbonyl (C=O) groups excluding carboxylic acids is 1. The third-order valence-electron chi connectivity index (χ3n) is 3.09. The van der Waals surface area contributed by atoms with Gasteiger partial charge in [-0.15, -0.1) is 10.2 Å². The van der Waals surface area contributed by atoms with Crippen LogP contribution in [-0.2, 0) is 4.79 Å². The van der Waals surface area contributed by atoms with Gasteiger partial charge in [0.15, 0.2) is 5.76 Å². The zero-order valence-corrected chi connectivity index (χ0v) is 13.4. The number of aromatic nitrogens is 2. The number of hydrogen-bond acceptors (Lipinski definition) is 7. The molecule has 3 aromatic rings. The Kier molecular flexibility index (Phi) is 4.63. The third-order valence-corrected chi connectivity index (χ3v) is 4.02. The van der Waals surface area contributed by atoms with E-state index in [-0.39, 0.29) is 17.0 Å². The molecule has 24 heavy (non-hydrogen) atoms. The van der Waals surface area contributed by atoms with Crippen molar-refractivity contribution >= 4 is 23.4 Å². The zero-order chi connectivity index (χ0) is 16.9. The number of nitrogens with one attached hydrogen (secondary N) is 1. The Morgan fingerprint density at radius 1 is 1.29 bits per heavy atom. The average Bonchev–Trinajstić information content (AvgIpc) is 3.26. The van der Waals surface area contributed by atoms with Crippen LogP contribution < -0.4 is 5.32 Å². The second kappa shape index (κ2) is 7.02. The van der Waals surface area contributed by atoms with E-state index in [4.69, 9.17) is 14.1 Å². The summed E-state index contributed by atoms with van der Waals surface area (Å²) in [6, 6.07) is 12.3. The predicted octanol–water partition coefficient (Wildman–Crippen LogP) is 3.32. The number of benzene rings is 1. The highest BCUT2D eigenvalue weighted by molar-refractivity contribution is 8.00. The van der Waals surface area contributed by atoms with Crippen LogP contribution in [0, 0.1) is 11.3 Å². The lowest BCUT2D eigenvalue weighted by Crippen LogP contribution is -2.22. The van der Waals surface area contributed by atoms with Crippen LogP contribution in [-0.4, -0.2) is 21.4 Å². The minimum Gasteiger partial charge on any atom is -0.459 e. The van der Waals surface area contributed by atoms with Crippen LogP contribution in [0.2, 0.25) is 0 Å². The summed E-state index contributed by atoms with van der Waals surface area (Å²) in [5, 5.41) is 19.3. The van der Waals surface area contributed by atoms with Crippen LogP contribution >= 0.6 is 11.8 Å². The first kappa shape index (κ1) is 15.8. The summed E-state index contributed by atoms with van der Waals surface area (Å²) >= 11 is 1.13. The van der Waals surface area contributed by atoms with Gasteiger partial charge in [-0.2, -0.15) is 5.26 Å². The van der Waals surface area contributed by atoms with Crippen molar-refractivity contribution in [3.63, 3.8) is 0 Å². The Hall–Kier alpha value is -3.05. The van der Waals surface area contributed by atoms with Gasteiger partial charge in [-0.1, -0.05) is 23.9 Å². The molecule has 8 heteroatoms. The summed E-state index contributed by atoms with van der Waals surface area (Å²) in [7, 11) is 0. The standard InChI is InChI=1S/C16H12N4O3S/c1-10(14(21)18-12-6-3-2-5-11(12)9-17)24-16-20-19-15(23-16)13-7-4-8-22-13/h2-8,10H,1H3,(H,18,21)/t10-/m1/s1. The molecule has 0 unspecified atom stereocenters. The van der Waals surface area contributed by atoms with Crippen molar-refractivity contribution in [2.75, 3.05) is 5.32 Å². The number of carbonyl (C=O) groups is 1. The van der Waals surface area contributed by atoms with Gasteiger partial charge in [-0.25, -0.2) is 0 Å². The summed E-state index contributed by atoms with van der Waals surface area (Å²) in [4.78, 5) is 12.3. The van der Waals surface area contributed by atoms with Gasteiger partial charge in [-0.05, 0) is 31.2 Å². The molecule has 7 nitrogen and oxygen atoms in total. The summed E-state index contributed by atoms with van der Waals surface area (Å²) in [6.07, 6.45) is 1.51. The van der Waals surface area contributed by atoms with Crippen LogP contribution in [0.15, 0.2) is 56.7 Å². The van der Waals surface area contributed by atoms with Crippen LogP contribution in [0.1, 0.15) is 12.5 Å². The van der Waals surface area contributed by atoms with Crippen LogP contribution in [0.4, 0.5) is 5.69 Å². The molecular formula is C16H12N4O3S. The lowest BCUT2D eigenvalue weighted by Gasteiger charge is -2.10. The Labute approximate surface area is 141 Å². The van der Waals surface area contributed by atoms with E-state index in [1.165, 1.54) is 6.26 Å². The minimum atomic E-state index is -0.485. The van der Waals surface area contributed by atoms with E-state index in [9.17, 15) is 4.79 Å². The van der Waals surface area contributed by atoms with Crippen LogP contribution in [0.3, 0.4) is 0 Å². The Morgan fingerprint density at radius 3 is 2.88 bits per heavy atom. The fourth-order valence-electron chi connectivity index (χ4n) is 1.89. The van der Waals surface area contributed by atoms with Crippen LogP contribution in [0.5, 0.6) is 0 Å². The lowest BCUT2D eigenvalue weighted by atomic mass is 10.2. The molecule has 3 rings (SSSR count). The van der Waals surface area contributed by atoms with E-state index >= 15 is 0 Å². The second-order valence-electron chi connectivity index (χ2n) is 4.76. The number of hydrogen-bond donors (Lipinski definition) is 1. The molecule has 1 N–H and O–H groups in total. The van der Waals surface area contributed by atoms with Crippen molar-refractivity contribution in [3.8, 4) is 17.7 Å². The molecule has 1 amide bonds. The highest BCUT2D eigenvalue weighted by Crippen LogP contribution is 2.27. The van der Waals surface area contributed by atoms with Gasteiger partial charge in [0.05, 0.1) is 22.8 Å². The van der Waals surface area contributed by atoms with E-state index in [2.05, 4.69) is 15.5 Å². The monoisotopic (exact) mass is 340 g/mol. The number of anilines is 1. The molecule has 0 aliphatic heterocycles. The van der Waals surface area contributed by atoms with Gasteiger partial charge < -0.3 is 14.2 Å². The summed E-state index contributed by atoms with van der Waals surface area (Å²) in [6.45, 7) is 1.71. The number of para-hydroxylation sites is 1. The molecule has 0 aliphatic rings. The quantitative estimate of drug-likeness (QED) is 0.710. The second-order valence-corrected chi connectivity index (χ2v) is 6.05. The maximum atomic E-state index is 12.3. The first-order chi connectivity index (χ1) is 11.7. The lowest BCUT2D eigenvalue weighted by molar-refractivity contribution is -0.115. The van der Waals surface area contributed by atoms with E-state index in [0.717, 1.165) is 11.8 Å². The van der Waals surface area contributed by atoms with Gasteiger partial charge >= 0.3 is 0 Å². The maximum Gasteiger partial charge on any atom is 0.284 e. The molecule has 2 heterocycles. The fourth-order valence-corrected chi connectivity index (χ4v) is 2.57. The minimum absolute atomic E-state index is 0.255. The van der Waals surface area contributed by atoms with Crippen molar-refractivity contribution in [2.24, 2.45) is 0 Å². The first-order valence-electron chi connectivity index (χ1n) is 7.01. The van der Waals surface area contributed by atoms with Gasteiger partial charge in [0.25, 0.3) is 11.1 Å². The first-order valence-corrected chi connectivity index (χ1v) is 7.89. The fraction of sp³-hybridized carbons (Fsp3) is 0.125. The van der Waals surface area contributed by atoms with Gasteiger partial charge in [0.2, 0.25) is 5.91 Å². The van der Waals surface area contributed by atoms with E-state index in [1.807, 2.05) is 6.07 Å². The smallest absolute Gasteiger partial charge is 0.284 e. The molecule has 1 atom stereocenters. The van der Waals surface area contributed by atoms with Crippen molar-refractivity contribution in [3.05, 3.63) is 48.2 Å². The topological polar surface area (TPSA) is 105 Å². The van der Waals surface area contributed by atoms with Crippen LogP contribution in [0.25, 0.3) is 11.7 Å². The van der Waals surface area contributed by atoms with E-state index in [0.29, 0.717) is 17.0 Å². The largest absolute Gasteiger partial charge is 0.459 e. The Bertz CT molecular complexity index is 883. The summed E-state index contributed by atoms with van der Waals surface area (Å²) in [5.41, 5.74) is 0.875. The summed E-state index contributed by atoms with van der Waals surface area (Å²) in [5.74, 6) is 0.458. The highest BCUT2D eigenvalue weighted by Gasteiger charge is 2.20. The molecule has 0 radical (unpaired) electrons. The number of rotatable bonds is 5. The number of nitrogens with zero attached hydrogens (tertiary/aromatic N) is 3. The van der Waals surface area contributed by atoms with Gasteiger partial charge in [-0.3, -0.25) is 4.79 Å². The molecule has 0 aliphatic carbocycles. The molecule has 120 valence electrons. The highest BCUT2D eigenvalue weighted by atomic mass is 32.2. The molecule has 0 fully saturated rings. The predicted molar refractivity (Wildman–Crippen MR) is 87.1 cm³/mol. The van der Waals surface area contributed by atoms with Gasteiger partial charge in [0, 0.05) is 0 Å². The number of furan rings is 1. The molecule has 0 spiro atoms. The number of thioether (sulfide) groups is 1. The molecule has 1 aromatic carbocycles. The summed E-state index contributed by atoms with van der Waals surface area (Å²) < 4.78 is 10.6. The maximum absolute atomic E-state index is 12.3. The van der Waals surface area contributed by atoms with Crippen molar-refractivity contribution in [2.45, 2.75) is 17.4 Å². The van der Waals surface area contributed by atoms with E-state index < -0.39 is 5.25 Å². The van der Waals surface area contributed by atoms with Crippen molar-refractivity contribution in [1.82, 2.24) is 10.2 Å². The normalized spacial score (nSPS) is 11.7. The van der Waals surface area contributed by atoms with E-state index in [1.54, 1.807) is 43.3 Å². The SMILES string of the molecule is C[C@@H](Sc1nnc(-c2ccco2)o1)C(=O)Nc1ccccc1C#N.